The van der Waals surface area contributed by atoms with E-state index >= 15 is 0 Å². The van der Waals surface area contributed by atoms with E-state index in [1.165, 1.54) is 6.33 Å². The smallest absolute Gasteiger partial charge is 0.232 e. The third-order valence-electron chi connectivity index (χ3n) is 1.85. The van der Waals surface area contributed by atoms with Crippen LogP contribution < -0.4 is 16.8 Å². The molecule has 82 valence electrons. The molecule has 16 heavy (non-hydrogen) atoms. The van der Waals surface area contributed by atoms with E-state index in [0.717, 1.165) is 4.47 Å². The SMILES string of the molecule is Nc1ncnc(Nc2cc(Br)ccc2N)n1. The lowest BCUT2D eigenvalue weighted by Crippen LogP contribution is -2.03. The Labute approximate surface area is 100 Å². The highest BCUT2D eigenvalue weighted by Crippen LogP contribution is 2.25. The molecule has 0 spiro atoms. The number of anilines is 4. The average molecular weight is 281 g/mol. The van der Waals surface area contributed by atoms with Gasteiger partial charge in [0.2, 0.25) is 11.9 Å². The highest BCUT2D eigenvalue weighted by atomic mass is 79.9. The van der Waals surface area contributed by atoms with Crippen molar-refractivity contribution in [1.29, 1.82) is 0 Å². The molecule has 1 aromatic heterocycles. The Kier molecular flexibility index (Phi) is 2.86. The molecule has 0 fully saturated rings. The second-order valence-corrected chi connectivity index (χ2v) is 3.94. The third kappa shape index (κ3) is 2.37. The van der Waals surface area contributed by atoms with E-state index in [1.54, 1.807) is 6.07 Å². The lowest BCUT2D eigenvalue weighted by Gasteiger charge is -2.07. The molecule has 7 heteroatoms. The quantitative estimate of drug-likeness (QED) is 0.721. The van der Waals surface area contributed by atoms with Crippen LogP contribution in [0, 0.1) is 0 Å². The van der Waals surface area contributed by atoms with E-state index in [-0.39, 0.29) is 5.95 Å². The van der Waals surface area contributed by atoms with Gasteiger partial charge in [0.05, 0.1) is 11.4 Å². The predicted octanol–water partition coefficient (Wildman–Crippen LogP) is 1.54. The number of nitrogen functional groups attached to an aromatic ring is 2. The molecule has 2 rings (SSSR count). The van der Waals surface area contributed by atoms with Gasteiger partial charge in [0.25, 0.3) is 0 Å². The van der Waals surface area contributed by atoms with Crippen LogP contribution in [0.1, 0.15) is 0 Å². The fourth-order valence-electron chi connectivity index (χ4n) is 1.13. The van der Waals surface area contributed by atoms with Gasteiger partial charge in [-0.05, 0) is 18.2 Å². The minimum Gasteiger partial charge on any atom is -0.397 e. The van der Waals surface area contributed by atoms with Crippen LogP contribution >= 0.6 is 15.9 Å². The summed E-state index contributed by atoms with van der Waals surface area (Å²) in [6.07, 6.45) is 1.33. The van der Waals surface area contributed by atoms with Crippen molar-refractivity contribution in [2.75, 3.05) is 16.8 Å². The van der Waals surface area contributed by atoms with Crippen LogP contribution in [0.15, 0.2) is 29.0 Å². The summed E-state index contributed by atoms with van der Waals surface area (Å²) in [4.78, 5) is 11.5. The molecule has 0 aliphatic heterocycles. The minimum atomic E-state index is 0.158. The van der Waals surface area contributed by atoms with Gasteiger partial charge in [-0.1, -0.05) is 15.9 Å². The summed E-state index contributed by atoms with van der Waals surface area (Å²) in [5.41, 5.74) is 12.5. The normalized spacial score (nSPS) is 10.1. The summed E-state index contributed by atoms with van der Waals surface area (Å²) >= 11 is 3.35. The van der Waals surface area contributed by atoms with Crippen LogP contribution in [0.3, 0.4) is 0 Å². The maximum Gasteiger partial charge on any atom is 0.232 e. The first-order chi connectivity index (χ1) is 7.65. The number of benzene rings is 1. The molecule has 0 amide bonds. The number of rotatable bonds is 2. The highest BCUT2D eigenvalue weighted by molar-refractivity contribution is 9.10. The first-order valence-corrected chi connectivity index (χ1v) is 5.21. The first-order valence-electron chi connectivity index (χ1n) is 4.42. The Bertz CT molecular complexity index is 515. The molecule has 0 atom stereocenters. The molecule has 0 aliphatic carbocycles. The van der Waals surface area contributed by atoms with Crippen molar-refractivity contribution in [1.82, 2.24) is 15.0 Å². The summed E-state index contributed by atoms with van der Waals surface area (Å²) in [7, 11) is 0. The molecule has 0 bridgehead atoms. The summed E-state index contributed by atoms with van der Waals surface area (Å²) < 4.78 is 0.909. The molecule has 1 heterocycles. The summed E-state index contributed by atoms with van der Waals surface area (Å²) in [5.74, 6) is 0.517. The van der Waals surface area contributed by atoms with E-state index in [9.17, 15) is 0 Å². The fraction of sp³-hybridized carbons (Fsp3) is 0. The Morgan fingerprint density at radius 3 is 2.75 bits per heavy atom. The standard InChI is InChI=1S/C9H9BrN6/c10-5-1-2-6(11)7(3-5)15-9-14-4-13-8(12)16-9/h1-4H,11H2,(H3,12,13,14,15,16). The monoisotopic (exact) mass is 280 g/mol. The Hall–Kier alpha value is -1.89. The van der Waals surface area contributed by atoms with Gasteiger partial charge in [0.1, 0.15) is 6.33 Å². The number of halogens is 1. The van der Waals surface area contributed by atoms with E-state index in [0.29, 0.717) is 17.3 Å². The lowest BCUT2D eigenvalue weighted by atomic mass is 10.3. The van der Waals surface area contributed by atoms with Crippen molar-refractivity contribution < 1.29 is 0 Å². The Balaban J connectivity index is 2.30. The average Bonchev–Trinajstić information content (AvgIpc) is 2.24. The molecular formula is C9H9BrN6. The number of nitrogens with two attached hydrogens (primary N) is 2. The van der Waals surface area contributed by atoms with Crippen molar-refractivity contribution in [3.05, 3.63) is 29.0 Å². The van der Waals surface area contributed by atoms with Crippen LogP contribution in [0.4, 0.5) is 23.3 Å². The van der Waals surface area contributed by atoms with Crippen molar-refractivity contribution >= 4 is 39.2 Å². The van der Waals surface area contributed by atoms with Gasteiger partial charge in [0.15, 0.2) is 0 Å². The van der Waals surface area contributed by atoms with Crippen LogP contribution in [0.25, 0.3) is 0 Å². The molecule has 0 saturated heterocycles. The minimum absolute atomic E-state index is 0.158. The molecule has 6 nitrogen and oxygen atoms in total. The third-order valence-corrected chi connectivity index (χ3v) is 2.35. The van der Waals surface area contributed by atoms with Crippen LogP contribution in [0.2, 0.25) is 0 Å². The van der Waals surface area contributed by atoms with Crippen LogP contribution in [-0.4, -0.2) is 15.0 Å². The zero-order valence-corrected chi connectivity index (χ0v) is 9.77. The fourth-order valence-corrected chi connectivity index (χ4v) is 1.49. The van der Waals surface area contributed by atoms with Gasteiger partial charge in [-0.2, -0.15) is 4.98 Å². The van der Waals surface area contributed by atoms with E-state index in [1.807, 2.05) is 12.1 Å². The molecule has 0 radical (unpaired) electrons. The van der Waals surface area contributed by atoms with E-state index < -0.39 is 0 Å². The molecule has 5 N–H and O–H groups in total. The molecule has 1 aromatic carbocycles. The number of nitrogens with zero attached hydrogens (tertiary/aromatic N) is 3. The number of hydrogen-bond donors (Lipinski definition) is 3. The number of aromatic nitrogens is 3. The highest BCUT2D eigenvalue weighted by Gasteiger charge is 2.03. The summed E-state index contributed by atoms with van der Waals surface area (Å²) in [6, 6.07) is 5.45. The van der Waals surface area contributed by atoms with Crippen molar-refractivity contribution in [3.8, 4) is 0 Å². The first kappa shape index (κ1) is 10.6. The van der Waals surface area contributed by atoms with Gasteiger partial charge in [0, 0.05) is 4.47 Å². The number of hydrogen-bond acceptors (Lipinski definition) is 6. The van der Waals surface area contributed by atoms with Crippen LogP contribution in [-0.2, 0) is 0 Å². The van der Waals surface area contributed by atoms with Crippen LogP contribution in [0.5, 0.6) is 0 Å². The Morgan fingerprint density at radius 2 is 2.00 bits per heavy atom. The second kappa shape index (κ2) is 4.31. The topological polar surface area (TPSA) is 103 Å². The van der Waals surface area contributed by atoms with Crippen molar-refractivity contribution in [3.63, 3.8) is 0 Å². The lowest BCUT2D eigenvalue weighted by molar-refractivity contribution is 1.07. The Morgan fingerprint density at radius 1 is 1.19 bits per heavy atom. The molecule has 0 saturated carbocycles. The van der Waals surface area contributed by atoms with Crippen molar-refractivity contribution in [2.45, 2.75) is 0 Å². The maximum atomic E-state index is 5.79. The van der Waals surface area contributed by atoms with Crippen molar-refractivity contribution in [2.24, 2.45) is 0 Å². The zero-order chi connectivity index (χ0) is 11.5. The number of nitrogens with one attached hydrogen (secondary N) is 1. The molecular weight excluding hydrogens is 272 g/mol. The summed E-state index contributed by atoms with van der Waals surface area (Å²) in [5, 5.41) is 2.96. The van der Waals surface area contributed by atoms with Gasteiger partial charge in [-0.3, -0.25) is 0 Å². The van der Waals surface area contributed by atoms with Gasteiger partial charge < -0.3 is 16.8 Å². The summed E-state index contributed by atoms with van der Waals surface area (Å²) in [6.45, 7) is 0. The molecule has 0 aliphatic rings. The predicted molar refractivity (Wildman–Crippen MR) is 66.1 cm³/mol. The van der Waals surface area contributed by atoms with Gasteiger partial charge >= 0.3 is 0 Å². The van der Waals surface area contributed by atoms with Gasteiger partial charge in [-0.15, -0.1) is 0 Å². The zero-order valence-electron chi connectivity index (χ0n) is 8.18. The molecule has 0 unspecified atom stereocenters. The molecule has 2 aromatic rings. The largest absolute Gasteiger partial charge is 0.397 e. The van der Waals surface area contributed by atoms with E-state index in [2.05, 4.69) is 36.2 Å². The second-order valence-electron chi connectivity index (χ2n) is 3.02. The van der Waals surface area contributed by atoms with Gasteiger partial charge in [-0.25, -0.2) is 9.97 Å². The van der Waals surface area contributed by atoms with E-state index in [4.69, 9.17) is 11.5 Å². The maximum absolute atomic E-state index is 5.79.